The van der Waals surface area contributed by atoms with E-state index in [1.54, 1.807) is 33.5 Å². The fourth-order valence-corrected chi connectivity index (χ4v) is 7.83. The molecule has 7 aromatic carbocycles. The number of para-hydroxylation sites is 3. The minimum atomic E-state index is -0.850. The molecule has 292 valence electrons. The Kier molecular flexibility index (Phi) is 6.61. The Morgan fingerprint density at radius 1 is 0.667 bits per heavy atom. The molecule has 3 heterocycles. The predicted octanol–water partition coefficient (Wildman–Crippen LogP) is 13.7. The number of hydrogen-bond acceptors (Lipinski definition) is 2. The molecule has 3 aromatic heterocycles. The van der Waals surface area contributed by atoms with E-state index in [4.69, 9.17) is 24.8 Å². The zero-order chi connectivity index (χ0) is 50.6. The molecule has 5 heteroatoms. The average molecular weight is 790 g/mol. The van der Waals surface area contributed by atoms with Gasteiger partial charge in [-0.05, 0) is 99.3 Å². The van der Waals surface area contributed by atoms with Crippen molar-refractivity contribution in [3.8, 4) is 50.9 Å². The summed E-state index contributed by atoms with van der Waals surface area (Å²) >= 11 is 0. The zero-order valence-corrected chi connectivity index (χ0v) is 33.7. The third-order valence-electron chi connectivity index (χ3n) is 10.8. The van der Waals surface area contributed by atoms with Crippen molar-refractivity contribution in [1.82, 2.24) is 14.1 Å². The topological polar surface area (TPSA) is 35.9 Å². The van der Waals surface area contributed by atoms with E-state index in [0.717, 1.165) is 27.4 Å². The van der Waals surface area contributed by atoms with E-state index in [1.165, 1.54) is 5.56 Å². The highest BCUT2D eigenvalue weighted by atomic mass is 16.5. The SMILES string of the molecule is [2H]c1c([2H])c([2H])c(-c2cccc(-c3c([2H])c([2H])c([2H])c([2H])c3[2H])c2-[n+]2[c-]n(-c3cccc(Oc4ccc5c6cc(C(C)(C)C)ccc6n(-c6cc(C([2H])(C)C)ccn6)c5c4)c3)c3ccccc32)c([2H])c1[2H]. The number of hydrogen-bond donors (Lipinski definition) is 0. The molecule has 0 N–H and O–H groups in total. The molecule has 0 saturated carbocycles. The summed E-state index contributed by atoms with van der Waals surface area (Å²) in [5.74, 6) is 0.875. The van der Waals surface area contributed by atoms with E-state index in [0.29, 0.717) is 34.0 Å². The third kappa shape index (κ3) is 6.62. The van der Waals surface area contributed by atoms with Gasteiger partial charge in [0.05, 0.1) is 47.1 Å². The van der Waals surface area contributed by atoms with E-state index >= 15 is 0 Å². The Morgan fingerprint density at radius 3 is 2.08 bits per heavy atom. The van der Waals surface area contributed by atoms with Gasteiger partial charge in [-0.1, -0.05) is 150 Å². The smallest absolute Gasteiger partial charge is 0.269 e. The molecule has 0 atom stereocenters. The van der Waals surface area contributed by atoms with Crippen LogP contribution < -0.4 is 9.30 Å². The predicted molar refractivity (Wildman–Crippen MR) is 246 cm³/mol. The monoisotopic (exact) mass is 789 g/mol. The molecule has 0 aliphatic heterocycles. The lowest BCUT2D eigenvalue weighted by atomic mass is 9.86. The molecular formula is C55H46N4O. The molecule has 0 spiro atoms. The number of pyridine rings is 1. The van der Waals surface area contributed by atoms with Gasteiger partial charge < -0.3 is 4.74 Å². The van der Waals surface area contributed by atoms with Crippen LogP contribution in [0, 0.1) is 6.33 Å². The van der Waals surface area contributed by atoms with E-state index in [2.05, 4.69) is 49.9 Å². The average Bonchev–Trinajstić information content (AvgIpc) is 3.89. The molecule has 0 radical (unpaired) electrons. The van der Waals surface area contributed by atoms with Gasteiger partial charge >= 0.3 is 0 Å². The van der Waals surface area contributed by atoms with Crippen LogP contribution in [0.1, 0.15) is 66.7 Å². The number of aromatic nitrogens is 4. The molecule has 10 rings (SSSR count). The van der Waals surface area contributed by atoms with Crippen molar-refractivity contribution in [3.05, 3.63) is 199 Å². The summed E-state index contributed by atoms with van der Waals surface area (Å²) in [6, 6.07) is 30.6. The largest absolute Gasteiger partial charge is 0.458 e. The van der Waals surface area contributed by atoms with E-state index in [9.17, 15) is 0 Å². The fraction of sp³-hybridized carbons (Fsp3) is 0.127. The maximum Gasteiger partial charge on any atom is 0.269 e. The highest BCUT2D eigenvalue weighted by molar-refractivity contribution is 6.09. The summed E-state index contributed by atoms with van der Waals surface area (Å²) in [6.07, 6.45) is 5.18. The standard InChI is InChI=1S/C55H46N4O/c1-37(2)40-30-31-56-53(32-40)59-49-29-26-41(55(3,4)5)33-48(49)47-28-27-44(35-52(47)59)60-43-21-14-20-42(34-43)57-36-58(51-25-13-12-24-50(51)57)54-45(38-16-8-6-9-17-38)22-15-23-46(54)39-18-10-7-11-19-39/h6-35,37H,1-5H3/i6D,7D,8D,9D,10D,11D,16D,17D,18D,19D,37D. The van der Waals surface area contributed by atoms with Gasteiger partial charge in [0.15, 0.2) is 0 Å². The molecule has 0 aliphatic carbocycles. The maximum atomic E-state index is 9.01. The molecule has 5 nitrogen and oxygen atoms in total. The van der Waals surface area contributed by atoms with Gasteiger partial charge in [-0.25, -0.2) is 4.98 Å². The Balaban J connectivity index is 1.15. The van der Waals surface area contributed by atoms with Crippen LogP contribution in [-0.2, 0) is 5.41 Å². The van der Waals surface area contributed by atoms with E-state index < -0.39 is 66.3 Å². The second kappa shape index (κ2) is 14.9. The van der Waals surface area contributed by atoms with Crippen molar-refractivity contribution in [1.29, 1.82) is 0 Å². The minimum Gasteiger partial charge on any atom is -0.458 e. The van der Waals surface area contributed by atoms with Crippen LogP contribution in [0.4, 0.5) is 0 Å². The van der Waals surface area contributed by atoms with Crippen LogP contribution in [0.15, 0.2) is 182 Å². The van der Waals surface area contributed by atoms with Gasteiger partial charge in [-0.2, -0.15) is 0 Å². The van der Waals surface area contributed by atoms with Crippen molar-refractivity contribution in [2.45, 2.75) is 45.9 Å². The molecule has 10 aromatic rings. The van der Waals surface area contributed by atoms with Crippen molar-refractivity contribution < 1.29 is 24.4 Å². The molecule has 0 bridgehead atoms. The van der Waals surface area contributed by atoms with Crippen molar-refractivity contribution in [2.24, 2.45) is 0 Å². The molecule has 60 heavy (non-hydrogen) atoms. The summed E-state index contributed by atoms with van der Waals surface area (Å²) in [4.78, 5) is 4.80. The number of benzene rings is 7. The minimum absolute atomic E-state index is 0.0911. The molecule has 0 fully saturated rings. The van der Waals surface area contributed by atoms with Crippen LogP contribution in [0.2, 0.25) is 0 Å². The first-order valence-corrected chi connectivity index (χ1v) is 19.7. The van der Waals surface area contributed by atoms with Crippen LogP contribution in [0.5, 0.6) is 11.5 Å². The quantitative estimate of drug-likeness (QED) is 0.114. The van der Waals surface area contributed by atoms with Gasteiger partial charge in [-0.15, -0.1) is 0 Å². The van der Waals surface area contributed by atoms with E-state index in [1.807, 2.05) is 92.7 Å². The normalized spacial score (nSPS) is 14.7. The van der Waals surface area contributed by atoms with Crippen LogP contribution in [-0.4, -0.2) is 14.1 Å². The number of ether oxygens (including phenoxy) is 1. The highest BCUT2D eigenvalue weighted by Crippen LogP contribution is 2.39. The fourth-order valence-electron chi connectivity index (χ4n) is 7.83. The van der Waals surface area contributed by atoms with Gasteiger partial charge in [-0.3, -0.25) is 13.7 Å². The van der Waals surface area contributed by atoms with Crippen LogP contribution in [0.3, 0.4) is 0 Å². The van der Waals surface area contributed by atoms with Gasteiger partial charge in [0.1, 0.15) is 17.3 Å². The molecule has 0 aliphatic rings. The highest BCUT2D eigenvalue weighted by Gasteiger charge is 2.22. The summed E-state index contributed by atoms with van der Waals surface area (Å²) < 4.78 is 108. The molecule has 0 saturated heterocycles. The number of nitrogens with zero attached hydrogens (tertiary/aromatic N) is 4. The van der Waals surface area contributed by atoms with Crippen LogP contribution in [0.25, 0.3) is 72.3 Å². The summed E-state index contributed by atoms with van der Waals surface area (Å²) in [7, 11) is 0. The first-order chi connectivity index (χ1) is 33.6. The van der Waals surface area contributed by atoms with Crippen LogP contribution >= 0.6 is 0 Å². The summed E-state index contributed by atoms with van der Waals surface area (Å²) in [5, 5.41) is 2.07. The van der Waals surface area contributed by atoms with Crippen molar-refractivity contribution in [2.75, 3.05) is 0 Å². The Morgan fingerprint density at radius 2 is 1.37 bits per heavy atom. The Hall–Kier alpha value is -7.24. The summed E-state index contributed by atoms with van der Waals surface area (Å²) in [6.45, 7) is 10.3. The second-order valence-electron chi connectivity index (χ2n) is 16.0. The second-order valence-corrected chi connectivity index (χ2v) is 16.0. The first kappa shape index (κ1) is 26.7. The van der Waals surface area contributed by atoms with Crippen molar-refractivity contribution >= 4 is 32.8 Å². The lowest BCUT2D eigenvalue weighted by Crippen LogP contribution is -2.31. The summed E-state index contributed by atoms with van der Waals surface area (Å²) in [5.41, 5.74) is 5.77. The van der Waals surface area contributed by atoms with Gasteiger partial charge in [0.25, 0.3) is 6.33 Å². The van der Waals surface area contributed by atoms with Gasteiger partial charge in [0.2, 0.25) is 0 Å². The molecule has 0 unspecified atom stereocenters. The van der Waals surface area contributed by atoms with Crippen molar-refractivity contribution in [3.63, 3.8) is 0 Å². The molecular weight excluding hydrogens is 733 g/mol. The third-order valence-corrected chi connectivity index (χ3v) is 10.8. The Labute approximate surface area is 366 Å². The van der Waals surface area contributed by atoms with Gasteiger partial charge in [0, 0.05) is 24.4 Å². The first-order valence-electron chi connectivity index (χ1n) is 25.2. The number of fused-ring (bicyclic) bond motifs is 4. The Bertz CT molecular complexity index is 3700. The maximum absolute atomic E-state index is 9.01. The lowest BCUT2D eigenvalue weighted by Gasteiger charge is -2.19. The number of imidazole rings is 1. The number of rotatable bonds is 8. The van der Waals surface area contributed by atoms with E-state index in [-0.39, 0.29) is 33.4 Å². The lowest BCUT2D eigenvalue weighted by molar-refractivity contribution is -0.571. The zero-order valence-electron chi connectivity index (χ0n) is 44.7. The molecule has 0 amide bonds.